The van der Waals surface area contributed by atoms with Gasteiger partial charge in [-0.1, -0.05) is 0 Å². The van der Waals surface area contributed by atoms with Gasteiger partial charge in [-0.25, -0.2) is 4.79 Å². The molecule has 2 aromatic rings. The minimum absolute atomic E-state index is 0.189. The van der Waals surface area contributed by atoms with Crippen molar-refractivity contribution in [1.82, 2.24) is 9.78 Å². The molecule has 92 valence electrons. The summed E-state index contributed by atoms with van der Waals surface area (Å²) in [7, 11) is 1.53. The van der Waals surface area contributed by atoms with Gasteiger partial charge in [0.1, 0.15) is 5.75 Å². The third-order valence-electron chi connectivity index (χ3n) is 2.34. The van der Waals surface area contributed by atoms with Crippen LogP contribution in [0.15, 0.2) is 41.2 Å². The maximum absolute atomic E-state index is 11.6. The molecular weight excluding hydrogens is 236 g/mol. The molecule has 6 nitrogen and oxygen atoms in total. The Morgan fingerprint density at radius 1 is 1.22 bits per heavy atom. The number of aromatic nitrogens is 2. The van der Waals surface area contributed by atoms with Gasteiger partial charge in [0.25, 0.3) is 5.56 Å². The average molecular weight is 246 g/mol. The highest BCUT2D eigenvalue weighted by Gasteiger charge is 2.08. The first kappa shape index (κ1) is 11.8. The molecule has 0 spiro atoms. The van der Waals surface area contributed by atoms with Gasteiger partial charge in [0.15, 0.2) is 5.69 Å². The van der Waals surface area contributed by atoms with E-state index in [2.05, 4.69) is 5.10 Å². The highest BCUT2D eigenvalue weighted by molar-refractivity contribution is 5.84. The van der Waals surface area contributed by atoms with Gasteiger partial charge in [-0.05, 0) is 30.3 Å². The highest BCUT2D eigenvalue weighted by atomic mass is 16.5. The van der Waals surface area contributed by atoms with Crippen LogP contribution < -0.4 is 10.3 Å². The summed E-state index contributed by atoms with van der Waals surface area (Å²) < 4.78 is 6.03. The molecule has 1 N–H and O–H groups in total. The van der Waals surface area contributed by atoms with Crippen molar-refractivity contribution in [3.63, 3.8) is 0 Å². The number of carbonyl (C=O) groups is 1. The van der Waals surface area contributed by atoms with E-state index in [1.54, 1.807) is 24.3 Å². The molecule has 18 heavy (non-hydrogen) atoms. The van der Waals surface area contributed by atoms with E-state index >= 15 is 0 Å². The summed E-state index contributed by atoms with van der Waals surface area (Å²) in [6.45, 7) is 0. The molecule has 0 aliphatic rings. The summed E-state index contributed by atoms with van der Waals surface area (Å²) in [6, 6.07) is 8.91. The SMILES string of the molecule is COc1ccc(-n2nc(C(=O)O)ccc2=O)cc1. The molecule has 0 aliphatic carbocycles. The molecule has 1 heterocycles. The molecular formula is C12H10N2O4. The summed E-state index contributed by atoms with van der Waals surface area (Å²) in [6.07, 6.45) is 0. The topological polar surface area (TPSA) is 81.4 Å². The van der Waals surface area contributed by atoms with E-state index in [4.69, 9.17) is 9.84 Å². The minimum Gasteiger partial charge on any atom is -0.497 e. The van der Waals surface area contributed by atoms with E-state index < -0.39 is 11.5 Å². The molecule has 0 bridgehead atoms. The second-order valence-electron chi connectivity index (χ2n) is 3.47. The first-order valence-corrected chi connectivity index (χ1v) is 5.10. The molecule has 0 atom stereocenters. The van der Waals surface area contributed by atoms with Crippen molar-refractivity contribution in [3.05, 3.63) is 52.4 Å². The monoisotopic (exact) mass is 246 g/mol. The Morgan fingerprint density at radius 3 is 2.44 bits per heavy atom. The van der Waals surface area contributed by atoms with Crippen LogP contribution in [0.25, 0.3) is 5.69 Å². The predicted octanol–water partition coefficient (Wildman–Crippen LogP) is 0.939. The standard InChI is InChI=1S/C12H10N2O4/c1-18-9-4-2-8(3-5-9)14-11(15)7-6-10(13-14)12(16)17/h2-7H,1H3,(H,16,17). The maximum atomic E-state index is 11.6. The van der Waals surface area contributed by atoms with Gasteiger partial charge in [0, 0.05) is 6.07 Å². The van der Waals surface area contributed by atoms with Crippen LogP contribution in [-0.2, 0) is 0 Å². The smallest absolute Gasteiger partial charge is 0.356 e. The molecule has 2 rings (SSSR count). The van der Waals surface area contributed by atoms with E-state index in [9.17, 15) is 9.59 Å². The van der Waals surface area contributed by atoms with Gasteiger partial charge in [0.2, 0.25) is 0 Å². The van der Waals surface area contributed by atoms with Crippen molar-refractivity contribution in [2.24, 2.45) is 0 Å². The lowest BCUT2D eigenvalue weighted by Gasteiger charge is -2.06. The number of aromatic carboxylic acids is 1. The third kappa shape index (κ3) is 2.22. The molecule has 0 unspecified atom stereocenters. The van der Waals surface area contributed by atoms with Gasteiger partial charge in [0.05, 0.1) is 12.8 Å². The molecule has 0 aliphatic heterocycles. The summed E-state index contributed by atoms with van der Waals surface area (Å²) >= 11 is 0. The highest BCUT2D eigenvalue weighted by Crippen LogP contribution is 2.12. The Labute approximate surface area is 102 Å². The van der Waals surface area contributed by atoms with E-state index in [1.165, 1.54) is 19.2 Å². The molecule has 1 aromatic carbocycles. The number of hydrogen-bond acceptors (Lipinski definition) is 4. The Hall–Kier alpha value is -2.63. The zero-order valence-electron chi connectivity index (χ0n) is 9.53. The molecule has 0 fully saturated rings. The first-order chi connectivity index (χ1) is 8.61. The lowest BCUT2D eigenvalue weighted by molar-refractivity contribution is 0.0688. The number of hydrogen-bond donors (Lipinski definition) is 1. The molecule has 1 aromatic heterocycles. The van der Waals surface area contributed by atoms with Crippen molar-refractivity contribution in [2.45, 2.75) is 0 Å². The van der Waals surface area contributed by atoms with Crippen molar-refractivity contribution in [2.75, 3.05) is 7.11 Å². The average Bonchev–Trinajstić information content (AvgIpc) is 2.39. The predicted molar refractivity (Wildman–Crippen MR) is 63.3 cm³/mol. The molecule has 0 radical (unpaired) electrons. The largest absolute Gasteiger partial charge is 0.497 e. The van der Waals surface area contributed by atoms with E-state index in [1.807, 2.05) is 0 Å². The van der Waals surface area contributed by atoms with Crippen LogP contribution in [0, 0.1) is 0 Å². The van der Waals surface area contributed by atoms with Gasteiger partial charge in [-0.3, -0.25) is 4.79 Å². The van der Waals surface area contributed by atoms with Crippen molar-refractivity contribution in [3.8, 4) is 11.4 Å². The van der Waals surface area contributed by atoms with Crippen molar-refractivity contribution < 1.29 is 14.6 Å². The fraction of sp³-hybridized carbons (Fsp3) is 0.0833. The van der Waals surface area contributed by atoms with Crippen LogP contribution in [0.2, 0.25) is 0 Å². The normalized spacial score (nSPS) is 10.1. The summed E-state index contributed by atoms with van der Waals surface area (Å²) in [5, 5.41) is 12.6. The molecule has 0 saturated carbocycles. The Morgan fingerprint density at radius 2 is 1.89 bits per heavy atom. The van der Waals surface area contributed by atoms with Crippen LogP contribution >= 0.6 is 0 Å². The van der Waals surface area contributed by atoms with Gasteiger partial charge in [-0.2, -0.15) is 9.78 Å². The second-order valence-corrected chi connectivity index (χ2v) is 3.47. The molecule has 0 saturated heterocycles. The summed E-state index contributed by atoms with van der Waals surface area (Å²) in [5.74, 6) is -0.543. The van der Waals surface area contributed by atoms with E-state index in [0.29, 0.717) is 11.4 Å². The minimum atomic E-state index is -1.18. The van der Waals surface area contributed by atoms with Crippen LogP contribution in [0.3, 0.4) is 0 Å². The van der Waals surface area contributed by atoms with Gasteiger partial charge in [-0.15, -0.1) is 0 Å². The molecule has 6 heteroatoms. The van der Waals surface area contributed by atoms with E-state index in [-0.39, 0.29) is 5.69 Å². The first-order valence-electron chi connectivity index (χ1n) is 5.10. The van der Waals surface area contributed by atoms with Crippen LogP contribution in [0.5, 0.6) is 5.75 Å². The van der Waals surface area contributed by atoms with Crippen molar-refractivity contribution >= 4 is 5.97 Å². The number of ether oxygens (including phenoxy) is 1. The number of carboxylic acid groups (broad SMARTS) is 1. The fourth-order valence-corrected chi connectivity index (χ4v) is 1.43. The van der Waals surface area contributed by atoms with E-state index in [0.717, 1.165) is 4.68 Å². The molecule has 0 amide bonds. The van der Waals surface area contributed by atoms with Gasteiger partial charge < -0.3 is 9.84 Å². The van der Waals surface area contributed by atoms with Crippen LogP contribution in [-0.4, -0.2) is 28.0 Å². The zero-order chi connectivity index (χ0) is 13.1. The second kappa shape index (κ2) is 4.70. The number of methoxy groups -OCH3 is 1. The quantitative estimate of drug-likeness (QED) is 0.871. The lowest BCUT2D eigenvalue weighted by atomic mass is 10.3. The zero-order valence-corrected chi connectivity index (χ0v) is 9.53. The van der Waals surface area contributed by atoms with Crippen LogP contribution in [0.4, 0.5) is 0 Å². The Kier molecular flexibility index (Phi) is 3.09. The Balaban J connectivity index is 2.51. The van der Waals surface area contributed by atoms with Crippen molar-refractivity contribution in [1.29, 1.82) is 0 Å². The fourth-order valence-electron chi connectivity index (χ4n) is 1.43. The Bertz CT molecular complexity index is 631. The summed E-state index contributed by atoms with van der Waals surface area (Å²) in [5.41, 5.74) is -0.112. The lowest BCUT2D eigenvalue weighted by Crippen LogP contribution is -2.22. The maximum Gasteiger partial charge on any atom is 0.356 e. The van der Waals surface area contributed by atoms with Crippen LogP contribution in [0.1, 0.15) is 10.5 Å². The van der Waals surface area contributed by atoms with Gasteiger partial charge >= 0.3 is 5.97 Å². The number of carboxylic acids is 1. The number of benzene rings is 1. The number of nitrogens with zero attached hydrogens (tertiary/aromatic N) is 2. The summed E-state index contributed by atoms with van der Waals surface area (Å²) in [4.78, 5) is 22.4. The third-order valence-corrected chi connectivity index (χ3v) is 2.34. The number of rotatable bonds is 3.